The van der Waals surface area contributed by atoms with Gasteiger partial charge in [-0.2, -0.15) is 0 Å². The molecule has 1 aromatic carbocycles. The first-order valence-electron chi connectivity index (χ1n) is 4.36. The van der Waals surface area contributed by atoms with Gasteiger partial charge in [0.1, 0.15) is 0 Å². The van der Waals surface area contributed by atoms with Gasteiger partial charge < -0.3 is 5.11 Å². The smallest absolute Gasteiger partial charge is 0.0812 e. The van der Waals surface area contributed by atoms with Crippen LogP contribution < -0.4 is 5.19 Å². The normalized spacial score (nSPS) is 13.7. The lowest BCUT2D eigenvalue weighted by molar-refractivity contribution is 0.127. The van der Waals surface area contributed by atoms with Gasteiger partial charge in [-0.05, 0) is 11.5 Å². The Morgan fingerprint density at radius 2 is 1.67 bits per heavy atom. The van der Waals surface area contributed by atoms with E-state index < -0.39 is 0 Å². The average molecular weight is 180 g/mol. The van der Waals surface area contributed by atoms with Gasteiger partial charge in [0.15, 0.2) is 0 Å². The van der Waals surface area contributed by atoms with E-state index >= 15 is 0 Å². The number of rotatable bonds is 2. The van der Waals surface area contributed by atoms with E-state index in [0.717, 1.165) is 15.8 Å². The first-order chi connectivity index (χ1) is 5.61. The van der Waals surface area contributed by atoms with Crippen LogP contribution in [0, 0.1) is 5.92 Å². The van der Waals surface area contributed by atoms with Gasteiger partial charge in [0.2, 0.25) is 0 Å². The van der Waals surface area contributed by atoms with Crippen molar-refractivity contribution in [3.63, 3.8) is 0 Å². The third-order valence-corrected chi connectivity index (χ3v) is 2.72. The number of aliphatic hydroxyl groups excluding tert-OH is 1. The standard InChI is InChI=1S/C10H16OSi/c1-7(2)10(11)8-3-5-9(12)6-4-8/h3-7,10-11H,1-2,12H3. The Hall–Kier alpha value is -0.603. The molecule has 12 heavy (non-hydrogen) atoms. The summed E-state index contributed by atoms with van der Waals surface area (Å²) >= 11 is 0. The van der Waals surface area contributed by atoms with E-state index in [-0.39, 0.29) is 6.10 Å². The molecule has 66 valence electrons. The van der Waals surface area contributed by atoms with Crippen LogP contribution in [0.25, 0.3) is 0 Å². The molecule has 0 aliphatic carbocycles. The van der Waals surface area contributed by atoms with Gasteiger partial charge >= 0.3 is 0 Å². The van der Waals surface area contributed by atoms with Crippen molar-refractivity contribution in [3.05, 3.63) is 29.8 Å². The molecule has 0 radical (unpaired) electrons. The van der Waals surface area contributed by atoms with Gasteiger partial charge in [-0.1, -0.05) is 43.3 Å². The van der Waals surface area contributed by atoms with Gasteiger partial charge in [-0.3, -0.25) is 0 Å². The minimum atomic E-state index is -0.313. The fourth-order valence-corrected chi connectivity index (χ4v) is 1.48. The molecule has 1 aromatic rings. The molecule has 0 amide bonds. The summed E-state index contributed by atoms with van der Waals surface area (Å²) in [5.74, 6) is 0.296. The zero-order chi connectivity index (χ0) is 9.14. The number of hydrogen-bond donors (Lipinski definition) is 1. The van der Waals surface area contributed by atoms with Crippen LogP contribution in [0.3, 0.4) is 0 Å². The third-order valence-electron chi connectivity index (χ3n) is 2.05. The molecule has 0 aliphatic rings. The maximum absolute atomic E-state index is 9.70. The number of hydrogen-bond acceptors (Lipinski definition) is 1. The van der Waals surface area contributed by atoms with Crippen LogP contribution in [0.5, 0.6) is 0 Å². The van der Waals surface area contributed by atoms with E-state index in [1.165, 1.54) is 5.19 Å². The highest BCUT2D eigenvalue weighted by molar-refractivity contribution is 6.32. The molecule has 1 nitrogen and oxygen atoms in total. The van der Waals surface area contributed by atoms with E-state index in [2.05, 4.69) is 12.1 Å². The quantitative estimate of drug-likeness (QED) is 0.652. The van der Waals surface area contributed by atoms with Crippen molar-refractivity contribution in [2.75, 3.05) is 0 Å². The van der Waals surface area contributed by atoms with Crippen molar-refractivity contribution < 1.29 is 5.11 Å². The first kappa shape index (κ1) is 9.48. The summed E-state index contributed by atoms with van der Waals surface area (Å²) in [6.45, 7) is 4.05. The Balaban J connectivity index is 2.82. The highest BCUT2D eigenvalue weighted by Crippen LogP contribution is 2.19. The lowest BCUT2D eigenvalue weighted by Gasteiger charge is -2.14. The zero-order valence-electron chi connectivity index (χ0n) is 7.91. The highest BCUT2D eigenvalue weighted by Gasteiger charge is 2.10. The van der Waals surface area contributed by atoms with E-state index in [1.807, 2.05) is 26.0 Å². The lowest BCUT2D eigenvalue weighted by atomic mass is 9.99. The molecule has 0 bridgehead atoms. The summed E-state index contributed by atoms with van der Waals surface area (Å²) in [6.07, 6.45) is -0.313. The predicted octanol–water partition coefficient (Wildman–Crippen LogP) is 0.367. The van der Waals surface area contributed by atoms with Crippen LogP contribution in [0.15, 0.2) is 24.3 Å². The van der Waals surface area contributed by atoms with Crippen LogP contribution in [0.2, 0.25) is 0 Å². The number of aliphatic hydroxyl groups is 1. The molecule has 2 heteroatoms. The van der Waals surface area contributed by atoms with Crippen molar-refractivity contribution in [2.45, 2.75) is 20.0 Å². The van der Waals surface area contributed by atoms with Crippen LogP contribution >= 0.6 is 0 Å². The zero-order valence-corrected chi connectivity index (χ0v) is 9.91. The molecule has 0 fully saturated rings. The fourth-order valence-electron chi connectivity index (χ4n) is 1.15. The van der Waals surface area contributed by atoms with Crippen LogP contribution in [0.4, 0.5) is 0 Å². The van der Waals surface area contributed by atoms with E-state index in [0.29, 0.717) is 5.92 Å². The Labute approximate surface area is 76.9 Å². The average Bonchev–Trinajstić information content (AvgIpc) is 2.04. The van der Waals surface area contributed by atoms with Crippen LogP contribution in [-0.2, 0) is 0 Å². The molecule has 1 unspecified atom stereocenters. The molecule has 1 rings (SSSR count). The first-order valence-corrected chi connectivity index (χ1v) is 5.36. The van der Waals surface area contributed by atoms with Gasteiger partial charge in [0, 0.05) is 10.2 Å². The Kier molecular flexibility index (Phi) is 3.06. The maximum Gasteiger partial charge on any atom is 0.0812 e. The van der Waals surface area contributed by atoms with Gasteiger partial charge in [0.05, 0.1) is 6.10 Å². The minimum Gasteiger partial charge on any atom is -0.388 e. The highest BCUT2D eigenvalue weighted by atomic mass is 28.1. The van der Waals surface area contributed by atoms with Gasteiger partial charge in [-0.25, -0.2) is 0 Å². The molecule has 0 saturated heterocycles. The second kappa shape index (κ2) is 3.87. The summed E-state index contributed by atoms with van der Waals surface area (Å²) in [5, 5.41) is 11.1. The SMILES string of the molecule is CC(C)C(O)c1ccc([SiH3])cc1. The van der Waals surface area contributed by atoms with E-state index in [1.54, 1.807) is 0 Å². The molecule has 0 heterocycles. The van der Waals surface area contributed by atoms with Crippen molar-refractivity contribution in [2.24, 2.45) is 5.92 Å². The molecular weight excluding hydrogens is 164 g/mol. The molecule has 0 aromatic heterocycles. The lowest BCUT2D eigenvalue weighted by Crippen LogP contribution is -2.08. The Morgan fingerprint density at radius 1 is 1.17 bits per heavy atom. The molecule has 1 atom stereocenters. The van der Waals surface area contributed by atoms with Crippen molar-refractivity contribution in [1.82, 2.24) is 0 Å². The Morgan fingerprint density at radius 3 is 2.08 bits per heavy atom. The maximum atomic E-state index is 9.70. The second-order valence-corrected chi connectivity index (χ2v) is 4.75. The summed E-state index contributed by atoms with van der Waals surface area (Å²) in [4.78, 5) is 0. The molecule has 1 N–H and O–H groups in total. The summed E-state index contributed by atoms with van der Waals surface area (Å²) in [5.41, 5.74) is 1.03. The van der Waals surface area contributed by atoms with Crippen molar-refractivity contribution in [1.29, 1.82) is 0 Å². The monoisotopic (exact) mass is 180 g/mol. The second-order valence-electron chi connectivity index (χ2n) is 3.60. The molecular formula is C10H16OSi. The topological polar surface area (TPSA) is 20.2 Å². The van der Waals surface area contributed by atoms with Crippen molar-refractivity contribution >= 4 is 15.4 Å². The van der Waals surface area contributed by atoms with Gasteiger partial charge in [-0.15, -0.1) is 0 Å². The Bertz CT molecular complexity index is 241. The largest absolute Gasteiger partial charge is 0.388 e. The predicted molar refractivity (Wildman–Crippen MR) is 55.8 cm³/mol. The third kappa shape index (κ3) is 2.19. The molecule has 0 saturated carbocycles. The van der Waals surface area contributed by atoms with Crippen molar-refractivity contribution in [3.8, 4) is 0 Å². The van der Waals surface area contributed by atoms with E-state index in [9.17, 15) is 5.11 Å². The fraction of sp³-hybridized carbons (Fsp3) is 0.400. The van der Waals surface area contributed by atoms with Crippen LogP contribution in [0.1, 0.15) is 25.5 Å². The summed E-state index contributed by atoms with van der Waals surface area (Å²) in [6, 6.07) is 8.22. The van der Waals surface area contributed by atoms with Gasteiger partial charge in [0.25, 0.3) is 0 Å². The summed E-state index contributed by atoms with van der Waals surface area (Å²) < 4.78 is 0. The minimum absolute atomic E-state index is 0.296. The molecule has 0 aliphatic heterocycles. The van der Waals surface area contributed by atoms with E-state index in [4.69, 9.17) is 0 Å². The summed E-state index contributed by atoms with van der Waals surface area (Å²) in [7, 11) is 1.08. The molecule has 0 spiro atoms. The van der Waals surface area contributed by atoms with Crippen LogP contribution in [-0.4, -0.2) is 15.3 Å². The number of benzene rings is 1.